The standard InChI is InChI=1S/C13H14N2O2S/c16-12(17)13(5-6-14-8-13)7-11-15-9-3-1-2-4-10(9)18-11/h1-4,14H,5-8H2,(H,16,17). The Morgan fingerprint density at radius 2 is 2.33 bits per heavy atom. The van der Waals surface area contributed by atoms with Crippen LogP contribution in [0.25, 0.3) is 10.2 Å². The normalized spacial score (nSPS) is 23.6. The number of para-hydroxylation sites is 1. The van der Waals surface area contributed by atoms with Crippen LogP contribution in [-0.2, 0) is 11.2 Å². The van der Waals surface area contributed by atoms with Crippen molar-refractivity contribution in [3.63, 3.8) is 0 Å². The van der Waals surface area contributed by atoms with E-state index in [2.05, 4.69) is 10.3 Å². The van der Waals surface area contributed by atoms with E-state index in [1.807, 2.05) is 24.3 Å². The van der Waals surface area contributed by atoms with Crippen LogP contribution in [0, 0.1) is 5.41 Å². The van der Waals surface area contributed by atoms with Gasteiger partial charge in [0.05, 0.1) is 20.6 Å². The lowest BCUT2D eigenvalue weighted by Crippen LogP contribution is -2.35. The van der Waals surface area contributed by atoms with E-state index in [1.54, 1.807) is 11.3 Å². The van der Waals surface area contributed by atoms with Gasteiger partial charge in [-0.25, -0.2) is 4.98 Å². The van der Waals surface area contributed by atoms with Gasteiger partial charge < -0.3 is 10.4 Å². The van der Waals surface area contributed by atoms with E-state index in [9.17, 15) is 9.90 Å². The summed E-state index contributed by atoms with van der Waals surface area (Å²) in [6.07, 6.45) is 1.20. The van der Waals surface area contributed by atoms with Crippen LogP contribution in [0.2, 0.25) is 0 Å². The Labute approximate surface area is 109 Å². The summed E-state index contributed by atoms with van der Waals surface area (Å²) in [6.45, 7) is 1.31. The van der Waals surface area contributed by atoms with Crippen molar-refractivity contribution in [3.05, 3.63) is 29.3 Å². The van der Waals surface area contributed by atoms with E-state index in [0.717, 1.165) is 21.8 Å². The molecular weight excluding hydrogens is 248 g/mol. The Morgan fingerprint density at radius 3 is 3.00 bits per heavy atom. The van der Waals surface area contributed by atoms with E-state index in [-0.39, 0.29) is 0 Å². The average molecular weight is 262 g/mol. The van der Waals surface area contributed by atoms with E-state index in [1.165, 1.54) is 0 Å². The van der Waals surface area contributed by atoms with E-state index in [0.29, 0.717) is 19.4 Å². The first kappa shape index (κ1) is 11.6. The first-order chi connectivity index (χ1) is 8.70. The topological polar surface area (TPSA) is 62.2 Å². The minimum atomic E-state index is -0.716. The fourth-order valence-electron chi connectivity index (χ4n) is 2.44. The van der Waals surface area contributed by atoms with Crippen LogP contribution in [0.3, 0.4) is 0 Å². The molecule has 5 heteroatoms. The number of carbonyl (C=O) groups is 1. The Hall–Kier alpha value is -1.46. The number of thiazole rings is 1. The number of fused-ring (bicyclic) bond motifs is 1. The molecule has 3 rings (SSSR count). The monoisotopic (exact) mass is 262 g/mol. The van der Waals surface area contributed by atoms with Crippen LogP contribution in [0.5, 0.6) is 0 Å². The molecule has 0 radical (unpaired) electrons. The highest BCUT2D eigenvalue weighted by Gasteiger charge is 2.42. The van der Waals surface area contributed by atoms with Crippen LogP contribution in [0.4, 0.5) is 0 Å². The Morgan fingerprint density at radius 1 is 1.50 bits per heavy atom. The molecule has 4 nitrogen and oxygen atoms in total. The number of carboxylic acid groups (broad SMARTS) is 1. The summed E-state index contributed by atoms with van der Waals surface area (Å²) in [7, 11) is 0. The maximum Gasteiger partial charge on any atom is 0.311 e. The van der Waals surface area contributed by atoms with Crippen molar-refractivity contribution < 1.29 is 9.90 Å². The molecule has 0 amide bonds. The second-order valence-electron chi connectivity index (χ2n) is 4.76. The smallest absolute Gasteiger partial charge is 0.311 e. The molecule has 0 aliphatic carbocycles. The SMILES string of the molecule is O=C(O)C1(Cc2nc3ccccc3s2)CCNC1. The number of benzene rings is 1. The predicted octanol–water partition coefficient (Wildman–Crippen LogP) is 1.90. The summed E-state index contributed by atoms with van der Waals surface area (Å²) in [4.78, 5) is 16.0. The third-order valence-corrected chi connectivity index (χ3v) is 4.56. The molecule has 0 spiro atoms. The zero-order valence-corrected chi connectivity index (χ0v) is 10.7. The van der Waals surface area contributed by atoms with Gasteiger partial charge in [-0.2, -0.15) is 0 Å². The Kier molecular flexibility index (Phi) is 2.80. The van der Waals surface area contributed by atoms with Gasteiger partial charge in [-0.15, -0.1) is 11.3 Å². The zero-order chi connectivity index (χ0) is 12.6. The van der Waals surface area contributed by atoms with Crippen LogP contribution >= 0.6 is 11.3 Å². The van der Waals surface area contributed by atoms with Crippen molar-refractivity contribution in [2.45, 2.75) is 12.8 Å². The van der Waals surface area contributed by atoms with Gasteiger partial charge in [0.25, 0.3) is 0 Å². The molecule has 0 bridgehead atoms. The van der Waals surface area contributed by atoms with Crippen LogP contribution in [-0.4, -0.2) is 29.1 Å². The van der Waals surface area contributed by atoms with E-state index < -0.39 is 11.4 Å². The van der Waals surface area contributed by atoms with Gasteiger partial charge >= 0.3 is 5.97 Å². The number of rotatable bonds is 3. The molecule has 1 unspecified atom stereocenters. The van der Waals surface area contributed by atoms with Crippen LogP contribution in [0.15, 0.2) is 24.3 Å². The fraction of sp³-hybridized carbons (Fsp3) is 0.385. The summed E-state index contributed by atoms with van der Waals surface area (Å²) in [5, 5.41) is 13.5. The summed E-state index contributed by atoms with van der Waals surface area (Å²) in [6, 6.07) is 7.93. The molecule has 2 aromatic rings. The molecule has 1 aromatic heterocycles. The lowest BCUT2D eigenvalue weighted by molar-refractivity contribution is -0.147. The van der Waals surface area contributed by atoms with Gasteiger partial charge in [-0.1, -0.05) is 12.1 Å². The maximum absolute atomic E-state index is 11.5. The fourth-order valence-corrected chi connectivity index (χ4v) is 3.55. The van der Waals surface area contributed by atoms with Crippen molar-refractivity contribution >= 4 is 27.5 Å². The highest BCUT2D eigenvalue weighted by atomic mass is 32.1. The maximum atomic E-state index is 11.5. The van der Waals surface area contributed by atoms with Crippen LogP contribution in [0.1, 0.15) is 11.4 Å². The molecule has 1 atom stereocenters. The predicted molar refractivity (Wildman–Crippen MR) is 70.9 cm³/mol. The van der Waals surface area contributed by atoms with E-state index in [4.69, 9.17) is 0 Å². The highest BCUT2D eigenvalue weighted by molar-refractivity contribution is 7.18. The summed E-state index contributed by atoms with van der Waals surface area (Å²) >= 11 is 1.60. The molecule has 2 heterocycles. The third-order valence-electron chi connectivity index (χ3n) is 3.53. The molecule has 1 aromatic carbocycles. The minimum Gasteiger partial charge on any atom is -0.481 e. The number of hydrogen-bond donors (Lipinski definition) is 2. The molecule has 1 aliphatic rings. The highest BCUT2D eigenvalue weighted by Crippen LogP contribution is 2.33. The summed E-state index contributed by atoms with van der Waals surface area (Å²) < 4.78 is 1.12. The summed E-state index contributed by atoms with van der Waals surface area (Å²) in [5.41, 5.74) is 0.289. The Balaban J connectivity index is 1.93. The van der Waals surface area contributed by atoms with E-state index >= 15 is 0 Å². The lowest BCUT2D eigenvalue weighted by Gasteiger charge is -2.21. The molecular formula is C13H14N2O2S. The molecule has 18 heavy (non-hydrogen) atoms. The van der Waals surface area contributed by atoms with Crippen LogP contribution < -0.4 is 5.32 Å². The van der Waals surface area contributed by atoms with Crippen molar-refractivity contribution in [2.75, 3.05) is 13.1 Å². The zero-order valence-electron chi connectivity index (χ0n) is 9.85. The summed E-state index contributed by atoms with van der Waals surface area (Å²) in [5.74, 6) is -0.716. The number of nitrogens with one attached hydrogen (secondary N) is 1. The third kappa shape index (κ3) is 1.89. The second-order valence-corrected chi connectivity index (χ2v) is 5.88. The number of aliphatic carboxylic acids is 1. The molecule has 1 aliphatic heterocycles. The molecule has 1 saturated heterocycles. The van der Waals surface area contributed by atoms with Gasteiger partial charge in [-0.3, -0.25) is 4.79 Å². The van der Waals surface area contributed by atoms with Gasteiger partial charge in [0.1, 0.15) is 0 Å². The Bertz CT molecular complexity index is 554. The van der Waals surface area contributed by atoms with Gasteiger partial charge in [0, 0.05) is 13.0 Å². The second kappa shape index (κ2) is 4.33. The van der Waals surface area contributed by atoms with Crippen molar-refractivity contribution in [1.29, 1.82) is 0 Å². The number of hydrogen-bond acceptors (Lipinski definition) is 4. The van der Waals surface area contributed by atoms with Gasteiger partial charge in [-0.05, 0) is 25.1 Å². The van der Waals surface area contributed by atoms with Gasteiger partial charge in [0.2, 0.25) is 0 Å². The van der Waals surface area contributed by atoms with Gasteiger partial charge in [0.15, 0.2) is 0 Å². The molecule has 0 saturated carbocycles. The number of aromatic nitrogens is 1. The largest absolute Gasteiger partial charge is 0.481 e. The minimum absolute atomic E-state index is 0.523. The lowest BCUT2D eigenvalue weighted by atomic mass is 9.84. The first-order valence-electron chi connectivity index (χ1n) is 5.98. The number of nitrogens with zero attached hydrogens (tertiary/aromatic N) is 1. The first-order valence-corrected chi connectivity index (χ1v) is 6.80. The molecule has 1 fully saturated rings. The molecule has 94 valence electrons. The van der Waals surface area contributed by atoms with Crippen molar-refractivity contribution in [1.82, 2.24) is 10.3 Å². The average Bonchev–Trinajstić information content (AvgIpc) is 2.95. The van der Waals surface area contributed by atoms with Crippen molar-refractivity contribution in [3.8, 4) is 0 Å². The quantitative estimate of drug-likeness (QED) is 0.887. The number of carboxylic acids is 1. The van der Waals surface area contributed by atoms with Crippen molar-refractivity contribution in [2.24, 2.45) is 5.41 Å². The molecule has 2 N–H and O–H groups in total.